The van der Waals surface area contributed by atoms with Crippen LogP contribution in [0.5, 0.6) is 0 Å². The van der Waals surface area contributed by atoms with Crippen molar-refractivity contribution in [2.75, 3.05) is 6.54 Å². The van der Waals surface area contributed by atoms with Crippen molar-refractivity contribution in [3.8, 4) is 0 Å². The molecule has 0 atom stereocenters. The van der Waals surface area contributed by atoms with Crippen LogP contribution in [0.15, 0.2) is 51.8 Å². The van der Waals surface area contributed by atoms with Gasteiger partial charge in [-0.15, -0.1) is 12.8 Å². The molecule has 0 saturated carbocycles. The molecule has 0 spiro atoms. The summed E-state index contributed by atoms with van der Waals surface area (Å²) in [5.74, 6) is 0.547. The number of thiol groups is 1. The van der Waals surface area contributed by atoms with Crippen molar-refractivity contribution in [3.63, 3.8) is 0 Å². The first kappa shape index (κ1) is 25.9. The van der Waals surface area contributed by atoms with E-state index in [1.54, 1.807) is 18.2 Å². The van der Waals surface area contributed by atoms with Gasteiger partial charge in [-0.25, -0.2) is 4.39 Å². The smallest absolute Gasteiger partial charge is 0.281 e. The zero-order valence-corrected chi connectivity index (χ0v) is 18.8. The number of nitrogens with one attached hydrogen (secondary N) is 1. The number of nitrogens with zero attached hydrogens (tertiary/aromatic N) is 1. The zero-order chi connectivity index (χ0) is 20.8. The lowest BCUT2D eigenvalue weighted by Crippen LogP contribution is -2.09. The third-order valence-electron chi connectivity index (χ3n) is 2.68. The number of hydrogen-bond acceptors (Lipinski definition) is 6. The number of nitro benzene ring substituents is 1. The van der Waals surface area contributed by atoms with E-state index >= 15 is 0 Å². The van der Waals surface area contributed by atoms with E-state index in [9.17, 15) is 14.5 Å². The van der Waals surface area contributed by atoms with Gasteiger partial charge in [0, 0.05) is 17.1 Å². The molecule has 0 radical (unpaired) electrons. The molecule has 5 nitrogen and oxygen atoms in total. The molecule has 0 aliphatic heterocycles. The van der Waals surface area contributed by atoms with Crippen molar-refractivity contribution < 1.29 is 9.31 Å². The highest BCUT2D eigenvalue weighted by Crippen LogP contribution is 2.26. The zero-order valence-electron chi connectivity index (χ0n) is 15.5. The van der Waals surface area contributed by atoms with E-state index in [0.29, 0.717) is 22.3 Å². The van der Waals surface area contributed by atoms with E-state index in [-0.39, 0.29) is 11.5 Å². The second kappa shape index (κ2) is 14.9. The fourth-order valence-corrected chi connectivity index (χ4v) is 3.04. The van der Waals surface area contributed by atoms with E-state index in [2.05, 4.69) is 59.4 Å². The van der Waals surface area contributed by atoms with E-state index in [1.807, 2.05) is 6.07 Å². The molecule has 0 aliphatic rings. The first-order valence-corrected chi connectivity index (χ1v) is 10.3. The summed E-state index contributed by atoms with van der Waals surface area (Å²) in [4.78, 5) is 11.0. The molecule has 3 N–H and O–H groups in total. The Morgan fingerprint density at radius 1 is 1.26 bits per heavy atom. The van der Waals surface area contributed by atoms with Crippen LogP contribution in [0.3, 0.4) is 0 Å². The summed E-state index contributed by atoms with van der Waals surface area (Å²) in [5.41, 5.74) is 0.932. The maximum Gasteiger partial charge on any atom is 0.284 e. The number of halogens is 2. The molecule has 2 rings (SSSR count). The molecule has 27 heavy (non-hydrogen) atoms. The van der Waals surface area contributed by atoms with Gasteiger partial charge in [0.15, 0.2) is 0 Å². The molecular weight excluding hydrogens is 453 g/mol. The number of hydrogen-bond donors (Lipinski definition) is 3. The van der Waals surface area contributed by atoms with Crippen molar-refractivity contribution >= 4 is 46.4 Å². The quantitative estimate of drug-likeness (QED) is 0.161. The van der Waals surface area contributed by atoms with Crippen LogP contribution < -0.4 is 9.86 Å². The van der Waals surface area contributed by atoms with Crippen LogP contribution in [-0.2, 0) is 6.42 Å². The average molecular weight is 478 g/mol. The summed E-state index contributed by atoms with van der Waals surface area (Å²) in [5, 5.41) is 15.1. The molecule has 0 heterocycles. The first-order chi connectivity index (χ1) is 12.8. The normalized spacial score (nSPS) is 9.78. The molecule has 150 valence electrons. The van der Waals surface area contributed by atoms with Crippen molar-refractivity contribution in [1.29, 1.82) is 0 Å². The highest BCUT2D eigenvalue weighted by atomic mass is 79.9. The Morgan fingerprint density at radius 3 is 2.41 bits per heavy atom. The minimum absolute atomic E-state index is 0.0727. The van der Waals surface area contributed by atoms with Gasteiger partial charge >= 0.3 is 0 Å². The predicted molar refractivity (Wildman–Crippen MR) is 118 cm³/mol. The van der Waals surface area contributed by atoms with Gasteiger partial charge in [-0.05, 0) is 54.1 Å². The molecule has 2 aromatic carbocycles. The fourth-order valence-electron chi connectivity index (χ4n) is 1.77. The molecule has 0 bridgehead atoms. The lowest BCUT2D eigenvalue weighted by molar-refractivity contribution is -0.387. The van der Waals surface area contributed by atoms with E-state index < -0.39 is 4.92 Å². The van der Waals surface area contributed by atoms with Crippen LogP contribution in [0.25, 0.3) is 0 Å². The Balaban J connectivity index is 0.000000998. The topological polar surface area (TPSA) is 81.2 Å². The van der Waals surface area contributed by atoms with Crippen LogP contribution in [0.4, 0.5) is 10.1 Å². The Labute approximate surface area is 178 Å². The standard InChI is InChI=1S/C14H12BrFN2O2S.C4H10.H3NS/c15-11-7-10(8-12(16)9-11)5-6-17-21-14-4-2-1-3-13(14)18(19)20;1-4(2)3;1-2/h1-4,7-9,17H,5-6H2;4H,1-3H3;2H,1H2. The highest BCUT2D eigenvalue weighted by molar-refractivity contribution is 9.10. The molecule has 2 aromatic rings. The summed E-state index contributed by atoms with van der Waals surface area (Å²) in [6, 6.07) is 11.3. The molecular formula is C18H25BrFN3O2S2. The van der Waals surface area contributed by atoms with E-state index in [4.69, 9.17) is 0 Å². The van der Waals surface area contributed by atoms with Gasteiger partial charge in [0.2, 0.25) is 0 Å². The van der Waals surface area contributed by atoms with Crippen LogP contribution in [-0.4, -0.2) is 11.5 Å². The van der Waals surface area contributed by atoms with Crippen LogP contribution in [0, 0.1) is 21.8 Å². The largest absolute Gasteiger partial charge is 0.284 e. The van der Waals surface area contributed by atoms with Gasteiger partial charge < -0.3 is 0 Å². The van der Waals surface area contributed by atoms with Crippen LogP contribution >= 0.6 is 40.7 Å². The van der Waals surface area contributed by atoms with Crippen molar-refractivity contribution in [2.24, 2.45) is 11.1 Å². The minimum atomic E-state index is -0.409. The van der Waals surface area contributed by atoms with Crippen LogP contribution in [0.2, 0.25) is 0 Å². The predicted octanol–water partition coefficient (Wildman–Crippen LogP) is 5.79. The van der Waals surface area contributed by atoms with Crippen molar-refractivity contribution in [3.05, 3.63) is 68.4 Å². The maximum absolute atomic E-state index is 13.2. The average Bonchev–Trinajstić information content (AvgIpc) is 2.59. The van der Waals surface area contributed by atoms with Gasteiger partial charge in [0.05, 0.1) is 4.92 Å². The minimum Gasteiger partial charge on any atom is -0.281 e. The summed E-state index contributed by atoms with van der Waals surface area (Å²) in [6.45, 7) is 7.08. The summed E-state index contributed by atoms with van der Waals surface area (Å²) in [6.07, 6.45) is 0.629. The lowest BCUT2D eigenvalue weighted by Gasteiger charge is -2.05. The Bertz CT molecular complexity index is 683. The number of benzene rings is 2. The first-order valence-electron chi connectivity index (χ1n) is 8.13. The number of para-hydroxylation sites is 1. The Kier molecular flexibility index (Phi) is 14.2. The third kappa shape index (κ3) is 12.0. The molecule has 0 aliphatic carbocycles. The number of rotatable bonds is 6. The maximum atomic E-state index is 13.2. The highest BCUT2D eigenvalue weighted by Gasteiger charge is 2.12. The summed E-state index contributed by atoms with van der Waals surface area (Å²) in [7, 11) is 0. The second-order valence-corrected chi connectivity index (χ2v) is 7.83. The van der Waals surface area contributed by atoms with Gasteiger partial charge in [0.25, 0.3) is 5.69 Å². The molecule has 0 saturated heterocycles. The number of nitro groups is 1. The van der Waals surface area contributed by atoms with Gasteiger partial charge in [0.1, 0.15) is 10.7 Å². The van der Waals surface area contributed by atoms with E-state index in [1.165, 1.54) is 30.1 Å². The summed E-state index contributed by atoms with van der Waals surface area (Å²) < 4.78 is 17.0. The van der Waals surface area contributed by atoms with Gasteiger partial charge in [-0.3, -0.25) is 20.0 Å². The third-order valence-corrected chi connectivity index (χ3v) is 4.05. The van der Waals surface area contributed by atoms with E-state index in [0.717, 1.165) is 11.5 Å². The van der Waals surface area contributed by atoms with Gasteiger partial charge in [-0.2, -0.15) is 0 Å². The molecule has 0 aromatic heterocycles. The molecule has 9 heteroatoms. The van der Waals surface area contributed by atoms with Crippen LogP contribution in [0.1, 0.15) is 26.3 Å². The monoisotopic (exact) mass is 477 g/mol. The molecule has 0 unspecified atom stereocenters. The Morgan fingerprint density at radius 2 is 1.85 bits per heavy atom. The fraction of sp³-hybridized carbons (Fsp3) is 0.333. The summed E-state index contributed by atoms with van der Waals surface area (Å²) >= 11 is 7.48. The molecule has 0 fully saturated rings. The second-order valence-electron chi connectivity index (χ2n) is 5.98. The van der Waals surface area contributed by atoms with Crippen molar-refractivity contribution in [2.45, 2.75) is 32.1 Å². The Hall–Kier alpha value is -1.13. The molecule has 0 amide bonds. The van der Waals surface area contributed by atoms with Gasteiger partial charge in [-0.1, -0.05) is 48.8 Å². The SMILES string of the molecule is CC(C)C.NS.O=[N+]([O-])c1ccccc1SNCCc1cc(F)cc(Br)c1. The van der Waals surface area contributed by atoms with Crippen molar-refractivity contribution in [1.82, 2.24) is 4.72 Å². The number of nitrogens with two attached hydrogens (primary N) is 1. The lowest BCUT2D eigenvalue weighted by atomic mass is 10.1.